The number of carbonyl (C=O) groups is 3. The van der Waals surface area contributed by atoms with Crippen LogP contribution in [-0.4, -0.2) is 73.7 Å². The molecule has 4 bridgehead atoms. The summed E-state index contributed by atoms with van der Waals surface area (Å²) in [6.45, 7) is 6.49. The van der Waals surface area contributed by atoms with Gasteiger partial charge in [0.15, 0.2) is 0 Å². The summed E-state index contributed by atoms with van der Waals surface area (Å²) in [6, 6.07) is 0.0874. The Hall–Kier alpha value is -3.08. The summed E-state index contributed by atoms with van der Waals surface area (Å²) in [4.78, 5) is 39.4. The first-order chi connectivity index (χ1) is 18.1. The molecule has 5 aliphatic rings. The van der Waals surface area contributed by atoms with Gasteiger partial charge in [0.05, 0.1) is 31.4 Å². The number of hydrogen-bond donors (Lipinski definition) is 3. The Morgan fingerprint density at radius 3 is 2.53 bits per heavy atom. The summed E-state index contributed by atoms with van der Waals surface area (Å²) in [5, 5.41) is 10.6. The van der Waals surface area contributed by atoms with Crippen molar-refractivity contribution in [2.75, 3.05) is 44.9 Å². The highest BCUT2D eigenvalue weighted by Gasteiger charge is 2.56. The molecule has 5 fully saturated rings. The molecule has 11 nitrogen and oxygen atoms in total. The highest BCUT2D eigenvalue weighted by molar-refractivity contribution is 5.99. The normalized spacial score (nSPS) is 30.4. The smallest absolute Gasteiger partial charge is 0.404 e. The number of ether oxygens (including phenoxy) is 2. The minimum Gasteiger partial charge on any atom is -0.449 e. The standard InChI is InChI=1S/C27H40N6O5/c1-26(2,24(35)29-3)4-5-33-23(32-6-8-37-9-7-32)20(15-30-33)22(34)31-21-18-10-17-11-19(21)14-27(12-17,13-18)16-38-25(28)36/h4-5,15,17-19,21H,6-14,16H2,1-3H3,(H2,28,36)(H,29,35)(H,31,34)/b5-4+/t17?,18?,19?,21-,27-. The quantitative estimate of drug-likeness (QED) is 0.469. The first kappa shape index (κ1) is 26.5. The minimum atomic E-state index is -0.736. The number of anilines is 1. The number of carbonyl (C=O) groups excluding carboxylic acids is 3. The van der Waals surface area contributed by atoms with Crippen LogP contribution in [0.25, 0.3) is 6.20 Å². The van der Waals surface area contributed by atoms with Crippen LogP contribution in [-0.2, 0) is 14.3 Å². The first-order valence-electron chi connectivity index (χ1n) is 13.7. The Labute approximate surface area is 223 Å². The van der Waals surface area contributed by atoms with Crippen LogP contribution in [0.1, 0.15) is 56.3 Å². The maximum absolute atomic E-state index is 13.8. The van der Waals surface area contributed by atoms with E-state index in [2.05, 4.69) is 20.6 Å². The SMILES string of the molecule is CNC(=O)C(C)(C)/C=C/n1ncc(C(=O)N[C@H]2C3CC4CC2C[C@](COC(N)=O)(C4)C3)c1N1CCOCC1. The second-order valence-corrected chi connectivity index (χ2v) is 12.1. The van der Waals surface area contributed by atoms with E-state index in [1.807, 2.05) is 13.8 Å². The molecule has 1 aromatic heterocycles. The van der Waals surface area contributed by atoms with Crippen LogP contribution in [0.5, 0.6) is 0 Å². The van der Waals surface area contributed by atoms with E-state index < -0.39 is 11.5 Å². The number of amides is 3. The highest BCUT2D eigenvalue weighted by atomic mass is 16.5. The molecule has 0 aromatic carbocycles. The van der Waals surface area contributed by atoms with Gasteiger partial charge in [-0.05, 0) is 63.7 Å². The molecule has 2 heterocycles. The van der Waals surface area contributed by atoms with Gasteiger partial charge in [-0.2, -0.15) is 5.10 Å². The Balaban J connectivity index is 1.36. The van der Waals surface area contributed by atoms with Crippen molar-refractivity contribution in [3.63, 3.8) is 0 Å². The number of morpholine rings is 1. The second kappa shape index (κ2) is 10.2. The van der Waals surface area contributed by atoms with Gasteiger partial charge < -0.3 is 30.7 Å². The Morgan fingerprint density at radius 1 is 1.21 bits per heavy atom. The lowest BCUT2D eigenvalue weighted by Crippen LogP contribution is -2.60. The molecule has 1 saturated heterocycles. The van der Waals surface area contributed by atoms with Crippen LogP contribution in [0.3, 0.4) is 0 Å². The van der Waals surface area contributed by atoms with Gasteiger partial charge in [-0.3, -0.25) is 9.59 Å². The van der Waals surface area contributed by atoms with E-state index >= 15 is 0 Å². The molecule has 2 atom stereocenters. The van der Waals surface area contributed by atoms with Crippen LogP contribution in [0.15, 0.2) is 12.3 Å². The molecule has 208 valence electrons. The predicted molar refractivity (Wildman–Crippen MR) is 141 cm³/mol. The minimum absolute atomic E-state index is 0.0149. The Bertz CT molecular complexity index is 1090. The van der Waals surface area contributed by atoms with Crippen molar-refractivity contribution in [3.8, 4) is 0 Å². The van der Waals surface area contributed by atoms with Crippen LogP contribution in [0.2, 0.25) is 0 Å². The molecular formula is C27H40N6O5. The second-order valence-electron chi connectivity index (χ2n) is 12.1. The number of hydrogen-bond acceptors (Lipinski definition) is 7. The van der Waals surface area contributed by atoms with Crippen molar-refractivity contribution in [2.45, 2.75) is 52.0 Å². The molecule has 6 rings (SSSR count). The summed E-state index contributed by atoms with van der Waals surface area (Å²) in [7, 11) is 1.62. The van der Waals surface area contributed by atoms with Gasteiger partial charge in [0.1, 0.15) is 11.4 Å². The predicted octanol–water partition coefficient (Wildman–Crippen LogP) is 1.98. The van der Waals surface area contributed by atoms with Crippen molar-refractivity contribution in [3.05, 3.63) is 17.8 Å². The molecular weight excluding hydrogens is 488 g/mol. The molecule has 4 aliphatic carbocycles. The average molecular weight is 529 g/mol. The van der Waals surface area contributed by atoms with Crippen molar-refractivity contribution < 1.29 is 23.9 Å². The fourth-order valence-electron chi connectivity index (χ4n) is 7.43. The lowest BCUT2D eigenvalue weighted by molar-refractivity contribution is -0.126. The molecule has 11 heteroatoms. The van der Waals surface area contributed by atoms with Crippen LogP contribution in [0, 0.1) is 28.6 Å². The van der Waals surface area contributed by atoms with E-state index in [0.717, 1.165) is 32.1 Å². The van der Waals surface area contributed by atoms with Gasteiger partial charge in [0.25, 0.3) is 5.91 Å². The number of nitrogens with two attached hydrogens (primary N) is 1. The maximum atomic E-state index is 13.8. The molecule has 4 N–H and O–H groups in total. The molecule has 4 saturated carbocycles. The number of nitrogens with one attached hydrogen (secondary N) is 2. The zero-order valence-electron chi connectivity index (χ0n) is 22.6. The average Bonchev–Trinajstić information content (AvgIpc) is 3.32. The van der Waals surface area contributed by atoms with Crippen LogP contribution < -0.4 is 21.3 Å². The third kappa shape index (κ3) is 5.12. The lowest BCUT2D eigenvalue weighted by atomic mass is 9.48. The summed E-state index contributed by atoms with van der Waals surface area (Å²) in [5.41, 5.74) is 5.03. The van der Waals surface area contributed by atoms with E-state index in [1.165, 1.54) is 0 Å². The van der Waals surface area contributed by atoms with E-state index in [9.17, 15) is 14.4 Å². The highest BCUT2D eigenvalue weighted by Crippen LogP contribution is 2.60. The zero-order chi connectivity index (χ0) is 27.1. The third-order valence-electron chi connectivity index (χ3n) is 8.99. The van der Waals surface area contributed by atoms with E-state index in [0.29, 0.717) is 62.0 Å². The first-order valence-corrected chi connectivity index (χ1v) is 13.7. The van der Waals surface area contributed by atoms with Crippen LogP contribution >= 0.6 is 0 Å². The molecule has 0 spiro atoms. The van der Waals surface area contributed by atoms with Gasteiger partial charge in [-0.15, -0.1) is 0 Å². The van der Waals surface area contributed by atoms with Crippen molar-refractivity contribution >= 4 is 29.9 Å². The summed E-state index contributed by atoms with van der Waals surface area (Å²) in [6.07, 6.45) is 9.59. The molecule has 1 aromatic rings. The Morgan fingerprint density at radius 2 is 1.89 bits per heavy atom. The summed E-state index contributed by atoms with van der Waals surface area (Å²) in [5.74, 6) is 1.81. The van der Waals surface area contributed by atoms with Gasteiger partial charge in [-0.1, -0.05) is 6.08 Å². The molecule has 1 aliphatic heterocycles. The molecule has 38 heavy (non-hydrogen) atoms. The fourth-order valence-corrected chi connectivity index (χ4v) is 7.43. The van der Waals surface area contributed by atoms with Gasteiger partial charge in [0, 0.05) is 37.8 Å². The third-order valence-corrected chi connectivity index (χ3v) is 8.99. The van der Waals surface area contributed by atoms with Gasteiger partial charge in [0.2, 0.25) is 5.91 Å². The fraction of sp³-hybridized carbons (Fsp3) is 0.704. The summed E-state index contributed by atoms with van der Waals surface area (Å²) >= 11 is 0. The van der Waals surface area contributed by atoms with E-state index in [1.54, 1.807) is 30.2 Å². The van der Waals surface area contributed by atoms with E-state index in [4.69, 9.17) is 15.2 Å². The lowest BCUT2D eigenvalue weighted by Gasteiger charge is -2.59. The van der Waals surface area contributed by atoms with Gasteiger partial charge >= 0.3 is 6.09 Å². The largest absolute Gasteiger partial charge is 0.449 e. The summed E-state index contributed by atoms with van der Waals surface area (Å²) < 4.78 is 12.5. The van der Waals surface area contributed by atoms with Crippen molar-refractivity contribution in [1.82, 2.24) is 20.4 Å². The zero-order valence-corrected chi connectivity index (χ0v) is 22.6. The Kier molecular flexibility index (Phi) is 7.15. The molecule has 0 radical (unpaired) electrons. The van der Waals surface area contributed by atoms with E-state index in [-0.39, 0.29) is 23.3 Å². The maximum Gasteiger partial charge on any atom is 0.404 e. The number of primary amides is 1. The number of nitrogens with zero attached hydrogens (tertiary/aromatic N) is 3. The monoisotopic (exact) mass is 528 g/mol. The number of aromatic nitrogens is 2. The topological polar surface area (TPSA) is 141 Å². The molecule has 2 unspecified atom stereocenters. The van der Waals surface area contributed by atoms with Crippen molar-refractivity contribution in [2.24, 2.45) is 34.3 Å². The van der Waals surface area contributed by atoms with Crippen molar-refractivity contribution in [1.29, 1.82) is 0 Å². The van der Waals surface area contributed by atoms with Gasteiger partial charge in [-0.25, -0.2) is 9.48 Å². The number of rotatable bonds is 8. The van der Waals surface area contributed by atoms with Crippen LogP contribution in [0.4, 0.5) is 10.6 Å². The molecule has 3 amide bonds.